The number of fused-ring (bicyclic) bond motifs is 1. The fraction of sp³-hybridized carbons (Fsp3) is 0.310. The normalized spacial score (nSPS) is 17.9. The number of hydrogen-bond acceptors (Lipinski definition) is 3. The van der Waals surface area contributed by atoms with Gasteiger partial charge in [0.25, 0.3) is 5.91 Å². The van der Waals surface area contributed by atoms with Crippen LogP contribution in [0.4, 0.5) is 10.1 Å². The first-order valence-corrected chi connectivity index (χ1v) is 12.1. The van der Waals surface area contributed by atoms with Crippen LogP contribution < -0.4 is 10.1 Å². The third-order valence-electron chi connectivity index (χ3n) is 6.71. The minimum absolute atomic E-state index is 0.137. The van der Waals surface area contributed by atoms with Crippen molar-refractivity contribution in [3.05, 3.63) is 94.8 Å². The van der Waals surface area contributed by atoms with E-state index in [4.69, 9.17) is 4.74 Å². The Kier molecular flexibility index (Phi) is 6.29. The summed E-state index contributed by atoms with van der Waals surface area (Å²) < 4.78 is 19.2. The zero-order chi connectivity index (χ0) is 24.5. The number of carbonyl (C=O) groups is 2. The summed E-state index contributed by atoms with van der Waals surface area (Å²) >= 11 is 0. The summed E-state index contributed by atoms with van der Waals surface area (Å²) in [5, 5.41) is 2.75. The second-order valence-electron chi connectivity index (χ2n) is 9.49. The Morgan fingerprint density at radius 1 is 1.06 bits per heavy atom. The number of nitrogens with one attached hydrogen (secondary N) is 1. The Labute approximate surface area is 204 Å². The van der Waals surface area contributed by atoms with Crippen molar-refractivity contribution in [1.29, 1.82) is 0 Å². The topological polar surface area (TPSA) is 58.6 Å². The first-order chi connectivity index (χ1) is 16.9. The molecule has 180 valence electrons. The average Bonchev–Trinajstić information content (AvgIpc) is 3.70. The molecule has 2 aliphatic rings. The van der Waals surface area contributed by atoms with E-state index in [-0.39, 0.29) is 29.6 Å². The summed E-state index contributed by atoms with van der Waals surface area (Å²) in [7, 11) is 0. The van der Waals surface area contributed by atoms with E-state index in [0.717, 1.165) is 36.0 Å². The van der Waals surface area contributed by atoms with Crippen LogP contribution in [-0.4, -0.2) is 29.4 Å². The van der Waals surface area contributed by atoms with Gasteiger partial charge in [-0.05, 0) is 86.2 Å². The highest BCUT2D eigenvalue weighted by molar-refractivity contribution is 5.94. The van der Waals surface area contributed by atoms with E-state index in [0.29, 0.717) is 18.0 Å². The largest absolute Gasteiger partial charge is 0.481 e. The predicted octanol–water partition coefficient (Wildman–Crippen LogP) is 5.42. The van der Waals surface area contributed by atoms with Gasteiger partial charge in [0, 0.05) is 18.2 Å². The predicted molar refractivity (Wildman–Crippen MR) is 133 cm³/mol. The van der Waals surface area contributed by atoms with Gasteiger partial charge in [-0.1, -0.05) is 35.9 Å². The van der Waals surface area contributed by atoms with Crippen molar-refractivity contribution in [2.45, 2.75) is 45.3 Å². The number of benzene rings is 3. The van der Waals surface area contributed by atoms with Gasteiger partial charge < -0.3 is 15.0 Å². The molecule has 1 N–H and O–H groups in total. The molecule has 0 aromatic heterocycles. The van der Waals surface area contributed by atoms with Gasteiger partial charge >= 0.3 is 0 Å². The highest BCUT2D eigenvalue weighted by Gasteiger charge is 2.39. The summed E-state index contributed by atoms with van der Waals surface area (Å²) in [6, 6.07) is 19.6. The molecule has 5 nitrogen and oxygen atoms in total. The average molecular weight is 473 g/mol. The smallest absolute Gasteiger partial charge is 0.265 e. The lowest BCUT2D eigenvalue weighted by Crippen LogP contribution is -2.41. The number of ether oxygens (including phenoxy) is 1. The van der Waals surface area contributed by atoms with Crippen LogP contribution in [0.3, 0.4) is 0 Å². The van der Waals surface area contributed by atoms with Gasteiger partial charge in [-0.25, -0.2) is 4.39 Å². The molecule has 1 saturated carbocycles. The van der Waals surface area contributed by atoms with Crippen molar-refractivity contribution in [3.63, 3.8) is 0 Å². The quantitative estimate of drug-likeness (QED) is 0.521. The number of carbonyl (C=O) groups excluding carboxylic acids is 2. The first kappa shape index (κ1) is 23.1. The number of rotatable bonds is 6. The molecule has 2 unspecified atom stereocenters. The van der Waals surface area contributed by atoms with Gasteiger partial charge in [-0.15, -0.1) is 0 Å². The molecule has 5 rings (SSSR count). The van der Waals surface area contributed by atoms with Crippen molar-refractivity contribution in [2.24, 2.45) is 5.92 Å². The molecule has 0 saturated heterocycles. The van der Waals surface area contributed by atoms with E-state index < -0.39 is 6.10 Å². The molecule has 1 aliphatic heterocycles. The van der Waals surface area contributed by atoms with Gasteiger partial charge in [0.2, 0.25) is 5.91 Å². The molecule has 35 heavy (non-hydrogen) atoms. The van der Waals surface area contributed by atoms with Gasteiger partial charge in [-0.2, -0.15) is 0 Å². The Morgan fingerprint density at radius 2 is 1.83 bits per heavy atom. The second kappa shape index (κ2) is 9.53. The number of hydrogen-bond donors (Lipinski definition) is 1. The fourth-order valence-electron chi connectivity index (χ4n) is 4.70. The second-order valence-corrected chi connectivity index (χ2v) is 9.49. The van der Waals surface area contributed by atoms with E-state index in [9.17, 15) is 14.0 Å². The molecule has 3 aromatic rings. The van der Waals surface area contributed by atoms with E-state index in [1.54, 1.807) is 6.92 Å². The summed E-state index contributed by atoms with van der Waals surface area (Å²) in [5.41, 5.74) is 4.96. The molecule has 0 bridgehead atoms. The van der Waals surface area contributed by atoms with Crippen LogP contribution in [-0.2, 0) is 16.0 Å². The number of nitrogens with zero attached hydrogens (tertiary/aromatic N) is 1. The molecule has 0 spiro atoms. The highest BCUT2D eigenvalue weighted by Crippen LogP contribution is 2.41. The molecule has 2 atom stereocenters. The summed E-state index contributed by atoms with van der Waals surface area (Å²) in [6.07, 6.45) is 1.96. The third kappa shape index (κ3) is 5.06. The van der Waals surface area contributed by atoms with Gasteiger partial charge in [0.15, 0.2) is 6.10 Å². The van der Waals surface area contributed by atoms with Crippen LogP contribution in [0, 0.1) is 18.7 Å². The maximum Gasteiger partial charge on any atom is 0.265 e. The van der Waals surface area contributed by atoms with Gasteiger partial charge in [0.05, 0.1) is 6.04 Å². The Balaban J connectivity index is 1.40. The van der Waals surface area contributed by atoms with Crippen LogP contribution in [0.1, 0.15) is 48.1 Å². The number of aryl methyl sites for hydroxylation is 1. The molecule has 1 aliphatic carbocycles. The monoisotopic (exact) mass is 472 g/mol. The minimum Gasteiger partial charge on any atom is -0.481 e. The molecule has 1 heterocycles. The van der Waals surface area contributed by atoms with Crippen LogP contribution in [0.25, 0.3) is 0 Å². The summed E-state index contributed by atoms with van der Waals surface area (Å²) in [6.45, 7) is 4.43. The van der Waals surface area contributed by atoms with E-state index in [1.807, 2.05) is 29.2 Å². The Hall–Kier alpha value is -3.67. The maximum absolute atomic E-state index is 13.2. The molecule has 1 fully saturated rings. The van der Waals surface area contributed by atoms with Crippen molar-refractivity contribution >= 4 is 17.5 Å². The molecule has 6 heteroatoms. The van der Waals surface area contributed by atoms with Crippen LogP contribution in [0.5, 0.6) is 5.75 Å². The highest BCUT2D eigenvalue weighted by atomic mass is 19.1. The zero-order valence-electron chi connectivity index (χ0n) is 20.0. The minimum atomic E-state index is -0.761. The van der Waals surface area contributed by atoms with Crippen LogP contribution in [0.2, 0.25) is 0 Å². The standard InChI is InChI=1S/C29H29FN2O3/c1-18-4-3-5-22(16-18)27-26-17-25(13-8-20(26)14-15-32(27)29(34)21-6-7-21)35-19(2)28(33)31-24-11-9-23(30)10-12-24/h3-5,8-13,16-17,19,21,27H,6-7,14-15H2,1-2H3,(H,31,33). The van der Waals surface area contributed by atoms with E-state index >= 15 is 0 Å². The molecule has 0 radical (unpaired) electrons. The number of halogens is 1. The van der Waals surface area contributed by atoms with E-state index in [2.05, 4.69) is 30.4 Å². The molecular formula is C29H29FN2O3. The lowest BCUT2D eigenvalue weighted by Gasteiger charge is -2.38. The Bertz CT molecular complexity index is 1250. The van der Waals surface area contributed by atoms with Gasteiger partial charge in [0.1, 0.15) is 11.6 Å². The molecular weight excluding hydrogens is 443 g/mol. The van der Waals surface area contributed by atoms with Crippen molar-refractivity contribution in [2.75, 3.05) is 11.9 Å². The third-order valence-corrected chi connectivity index (χ3v) is 6.71. The SMILES string of the molecule is Cc1cccc(C2c3cc(OC(C)C(=O)Nc4ccc(F)cc4)ccc3CCN2C(=O)C2CC2)c1. The number of anilines is 1. The summed E-state index contributed by atoms with van der Waals surface area (Å²) in [4.78, 5) is 27.9. The fourth-order valence-corrected chi connectivity index (χ4v) is 4.70. The van der Waals surface area contributed by atoms with Crippen molar-refractivity contribution in [1.82, 2.24) is 4.90 Å². The summed E-state index contributed by atoms with van der Waals surface area (Å²) in [5.74, 6) is 0.247. The maximum atomic E-state index is 13.2. The van der Waals surface area contributed by atoms with Crippen LogP contribution >= 0.6 is 0 Å². The van der Waals surface area contributed by atoms with Gasteiger partial charge in [-0.3, -0.25) is 9.59 Å². The first-order valence-electron chi connectivity index (χ1n) is 12.1. The number of amides is 2. The molecule has 3 aromatic carbocycles. The van der Waals surface area contributed by atoms with Crippen molar-refractivity contribution in [3.8, 4) is 5.75 Å². The molecule has 2 amide bonds. The lowest BCUT2D eigenvalue weighted by molar-refractivity contribution is -0.134. The van der Waals surface area contributed by atoms with E-state index in [1.165, 1.54) is 29.8 Å². The van der Waals surface area contributed by atoms with Crippen molar-refractivity contribution < 1.29 is 18.7 Å². The van der Waals surface area contributed by atoms with Crippen LogP contribution in [0.15, 0.2) is 66.7 Å². The lowest BCUT2D eigenvalue weighted by atomic mass is 9.87. The zero-order valence-corrected chi connectivity index (χ0v) is 20.0. The Morgan fingerprint density at radius 3 is 2.54 bits per heavy atom.